The second-order valence-electron chi connectivity index (χ2n) is 4.27. The van der Waals surface area contributed by atoms with Crippen molar-refractivity contribution >= 4 is 10.8 Å². The SMILES string of the molecule is CCCC(N)C(CC)S(=O)c1ccc(F)cc1F. The number of rotatable bonds is 6. The van der Waals surface area contributed by atoms with Crippen LogP contribution in [0.1, 0.15) is 33.1 Å². The molecule has 0 aromatic heterocycles. The Hall–Kier alpha value is -0.810. The van der Waals surface area contributed by atoms with E-state index in [1.807, 2.05) is 13.8 Å². The first kappa shape index (κ1) is 15.2. The Balaban J connectivity index is 2.96. The van der Waals surface area contributed by atoms with Gasteiger partial charge >= 0.3 is 0 Å². The molecular formula is C13H19F2NOS. The molecular weight excluding hydrogens is 256 g/mol. The van der Waals surface area contributed by atoms with Crippen molar-refractivity contribution in [1.29, 1.82) is 0 Å². The zero-order valence-corrected chi connectivity index (χ0v) is 11.5. The van der Waals surface area contributed by atoms with Gasteiger partial charge < -0.3 is 5.73 Å². The lowest BCUT2D eigenvalue weighted by Crippen LogP contribution is -2.37. The third-order valence-electron chi connectivity index (χ3n) is 2.89. The maximum Gasteiger partial charge on any atom is 0.142 e. The Morgan fingerprint density at radius 1 is 1.33 bits per heavy atom. The minimum atomic E-state index is -1.54. The summed E-state index contributed by atoms with van der Waals surface area (Å²) in [7, 11) is -1.54. The number of hydrogen-bond acceptors (Lipinski definition) is 2. The first-order valence-electron chi connectivity index (χ1n) is 6.12. The molecule has 102 valence electrons. The predicted molar refractivity (Wildman–Crippen MR) is 69.7 cm³/mol. The van der Waals surface area contributed by atoms with Crippen molar-refractivity contribution in [2.45, 2.75) is 49.3 Å². The first-order valence-corrected chi connectivity index (χ1v) is 7.33. The Kier molecular flexibility index (Phi) is 5.88. The van der Waals surface area contributed by atoms with Crippen molar-refractivity contribution in [2.24, 2.45) is 5.73 Å². The molecule has 2 nitrogen and oxygen atoms in total. The molecule has 0 saturated carbocycles. The molecule has 0 aliphatic carbocycles. The van der Waals surface area contributed by atoms with Crippen LogP contribution in [0, 0.1) is 11.6 Å². The highest BCUT2D eigenvalue weighted by atomic mass is 32.2. The molecule has 5 heteroatoms. The molecule has 0 saturated heterocycles. The fourth-order valence-electron chi connectivity index (χ4n) is 1.93. The summed E-state index contributed by atoms with van der Waals surface area (Å²) in [5, 5.41) is -0.301. The summed E-state index contributed by atoms with van der Waals surface area (Å²) in [4.78, 5) is 0.0369. The predicted octanol–water partition coefficient (Wildman–Crippen LogP) is 2.98. The number of nitrogens with two attached hydrogens (primary N) is 1. The molecule has 1 aromatic rings. The van der Waals surface area contributed by atoms with E-state index in [2.05, 4.69) is 0 Å². The summed E-state index contributed by atoms with van der Waals surface area (Å²) in [5.74, 6) is -1.44. The van der Waals surface area contributed by atoms with Crippen LogP contribution >= 0.6 is 0 Å². The average Bonchev–Trinajstić information content (AvgIpc) is 2.29. The van der Waals surface area contributed by atoms with Gasteiger partial charge in [0, 0.05) is 12.1 Å². The van der Waals surface area contributed by atoms with Crippen molar-refractivity contribution in [2.75, 3.05) is 0 Å². The Labute approximate surface area is 109 Å². The van der Waals surface area contributed by atoms with Crippen molar-refractivity contribution in [1.82, 2.24) is 0 Å². The molecule has 3 atom stereocenters. The van der Waals surface area contributed by atoms with Gasteiger partial charge in [-0.2, -0.15) is 0 Å². The Morgan fingerprint density at radius 2 is 2.00 bits per heavy atom. The lowest BCUT2D eigenvalue weighted by atomic mass is 10.1. The molecule has 0 amide bonds. The van der Waals surface area contributed by atoms with Gasteiger partial charge in [-0.25, -0.2) is 8.78 Å². The summed E-state index contributed by atoms with van der Waals surface area (Å²) < 4.78 is 38.7. The third-order valence-corrected chi connectivity index (χ3v) is 4.89. The molecule has 0 radical (unpaired) electrons. The van der Waals surface area contributed by atoms with Crippen molar-refractivity contribution in [3.63, 3.8) is 0 Å². The van der Waals surface area contributed by atoms with Gasteiger partial charge in [0.25, 0.3) is 0 Å². The van der Waals surface area contributed by atoms with Crippen molar-refractivity contribution in [3.05, 3.63) is 29.8 Å². The fourth-order valence-corrected chi connectivity index (χ4v) is 3.47. The van der Waals surface area contributed by atoms with E-state index in [1.54, 1.807) is 0 Å². The van der Waals surface area contributed by atoms with E-state index in [0.29, 0.717) is 6.42 Å². The van der Waals surface area contributed by atoms with Crippen LogP contribution in [0.4, 0.5) is 8.78 Å². The van der Waals surface area contributed by atoms with Gasteiger partial charge in [0.05, 0.1) is 20.9 Å². The molecule has 1 rings (SSSR count). The van der Waals surface area contributed by atoms with Crippen LogP contribution in [0.25, 0.3) is 0 Å². The molecule has 18 heavy (non-hydrogen) atoms. The smallest absolute Gasteiger partial charge is 0.142 e. The molecule has 1 aromatic carbocycles. The van der Waals surface area contributed by atoms with Gasteiger partial charge in [0.1, 0.15) is 11.6 Å². The van der Waals surface area contributed by atoms with Crippen LogP contribution in [0.5, 0.6) is 0 Å². The number of hydrogen-bond donors (Lipinski definition) is 1. The normalized spacial score (nSPS) is 16.3. The van der Waals surface area contributed by atoms with Crippen LogP contribution < -0.4 is 5.73 Å². The van der Waals surface area contributed by atoms with Gasteiger partial charge in [-0.15, -0.1) is 0 Å². The standard InChI is InChI=1S/C13H19F2NOS/c1-3-5-11(16)12(4-2)18(17)13-7-6-9(14)8-10(13)15/h6-8,11-12H,3-5,16H2,1-2H3. The maximum absolute atomic E-state index is 13.6. The zero-order valence-electron chi connectivity index (χ0n) is 10.7. The summed E-state index contributed by atoms with van der Waals surface area (Å²) >= 11 is 0. The number of halogens is 2. The van der Waals surface area contributed by atoms with Gasteiger partial charge in [-0.05, 0) is 25.0 Å². The van der Waals surface area contributed by atoms with Crippen molar-refractivity contribution < 1.29 is 13.0 Å². The summed E-state index contributed by atoms with van der Waals surface area (Å²) in [6, 6.07) is 2.88. The van der Waals surface area contributed by atoms with Gasteiger partial charge in [0.2, 0.25) is 0 Å². The van der Waals surface area contributed by atoms with Crippen LogP contribution in [0.3, 0.4) is 0 Å². The molecule has 0 fully saturated rings. The summed E-state index contributed by atoms with van der Waals surface area (Å²) in [6.07, 6.45) is 2.23. The van der Waals surface area contributed by atoms with E-state index in [-0.39, 0.29) is 16.2 Å². The minimum Gasteiger partial charge on any atom is -0.327 e. The average molecular weight is 275 g/mol. The number of benzene rings is 1. The lowest BCUT2D eigenvalue weighted by Gasteiger charge is -2.21. The Morgan fingerprint density at radius 3 is 2.50 bits per heavy atom. The molecule has 0 spiro atoms. The highest BCUT2D eigenvalue weighted by molar-refractivity contribution is 7.85. The topological polar surface area (TPSA) is 43.1 Å². The highest BCUT2D eigenvalue weighted by Crippen LogP contribution is 2.21. The lowest BCUT2D eigenvalue weighted by molar-refractivity contribution is 0.539. The molecule has 2 N–H and O–H groups in total. The third kappa shape index (κ3) is 3.59. The quantitative estimate of drug-likeness (QED) is 0.867. The summed E-state index contributed by atoms with van der Waals surface area (Å²) in [5.41, 5.74) is 5.97. The molecule has 0 aliphatic heterocycles. The van der Waals surface area contributed by atoms with E-state index < -0.39 is 22.4 Å². The van der Waals surface area contributed by atoms with Crippen LogP contribution in [0.2, 0.25) is 0 Å². The Bertz CT molecular complexity index is 425. The van der Waals surface area contributed by atoms with E-state index in [9.17, 15) is 13.0 Å². The summed E-state index contributed by atoms with van der Waals surface area (Å²) in [6.45, 7) is 3.87. The highest BCUT2D eigenvalue weighted by Gasteiger charge is 2.25. The largest absolute Gasteiger partial charge is 0.327 e. The fraction of sp³-hybridized carbons (Fsp3) is 0.538. The first-order chi connectivity index (χ1) is 8.51. The molecule has 0 aliphatic rings. The van der Waals surface area contributed by atoms with Crippen LogP contribution in [-0.2, 0) is 10.8 Å². The minimum absolute atomic E-state index is 0.0369. The van der Waals surface area contributed by atoms with E-state index >= 15 is 0 Å². The van der Waals surface area contributed by atoms with Crippen LogP contribution in [-0.4, -0.2) is 15.5 Å². The maximum atomic E-state index is 13.6. The van der Waals surface area contributed by atoms with Crippen LogP contribution in [0.15, 0.2) is 23.1 Å². The molecule has 3 unspecified atom stereocenters. The van der Waals surface area contributed by atoms with Gasteiger partial charge in [-0.1, -0.05) is 20.3 Å². The second kappa shape index (κ2) is 6.95. The molecule has 0 bridgehead atoms. The second-order valence-corrected chi connectivity index (χ2v) is 5.91. The van der Waals surface area contributed by atoms with Gasteiger partial charge in [0.15, 0.2) is 0 Å². The van der Waals surface area contributed by atoms with E-state index in [1.165, 1.54) is 6.07 Å². The van der Waals surface area contributed by atoms with Crippen molar-refractivity contribution in [3.8, 4) is 0 Å². The monoisotopic (exact) mass is 275 g/mol. The van der Waals surface area contributed by atoms with E-state index in [4.69, 9.17) is 5.73 Å². The molecule has 0 heterocycles. The van der Waals surface area contributed by atoms with Gasteiger partial charge in [-0.3, -0.25) is 4.21 Å². The zero-order chi connectivity index (χ0) is 13.7. The van der Waals surface area contributed by atoms with E-state index in [0.717, 1.165) is 25.0 Å².